The van der Waals surface area contributed by atoms with E-state index in [1.165, 1.54) is 0 Å². The minimum absolute atomic E-state index is 1.03. The molecule has 2 rings (SSSR count). The lowest BCUT2D eigenvalue weighted by molar-refractivity contribution is 1.42. The molecule has 2 heteroatoms. The van der Waals surface area contributed by atoms with E-state index in [0.29, 0.717) is 0 Å². The summed E-state index contributed by atoms with van der Waals surface area (Å²) in [5.74, 6) is 6.46. The van der Waals surface area contributed by atoms with Gasteiger partial charge in [0.25, 0.3) is 0 Å². The van der Waals surface area contributed by atoms with E-state index in [1.807, 2.05) is 42.5 Å². The van der Waals surface area contributed by atoms with Gasteiger partial charge in [-0.15, -0.1) is 5.54 Å². The largest absolute Gasteiger partial charge is 0.130 e. The van der Waals surface area contributed by atoms with Crippen molar-refractivity contribution in [3.8, 4) is 22.6 Å². The highest BCUT2D eigenvalue weighted by atomic mass is 32.2. The third-order valence-electron chi connectivity index (χ3n) is 2.59. The molecule has 0 atom stereocenters. The van der Waals surface area contributed by atoms with Crippen molar-refractivity contribution in [3.05, 3.63) is 65.7 Å². The predicted octanol–water partition coefficient (Wildman–Crippen LogP) is 5.02. The Balaban J connectivity index is 2.22. The summed E-state index contributed by atoms with van der Waals surface area (Å²) in [6, 6.07) is 18.2. The van der Waals surface area contributed by atoms with Crippen molar-refractivity contribution >= 4 is 19.8 Å². The lowest BCUT2D eigenvalue weighted by Crippen LogP contribution is -2.15. The molecule has 0 fully saturated rings. The molecule has 0 aliphatic carbocycles. The SMILES string of the molecule is C[Si](C)(C)C#CSc1ccccc1C#Cc1ccccc1. The van der Waals surface area contributed by atoms with Gasteiger partial charge in [-0.05, 0) is 41.3 Å². The fraction of sp³-hybridized carbons (Fsp3) is 0.158. The first kappa shape index (κ1) is 15.5. The van der Waals surface area contributed by atoms with Crippen molar-refractivity contribution < 1.29 is 0 Å². The maximum Gasteiger partial charge on any atom is 0.130 e. The first-order chi connectivity index (χ1) is 10.0. The number of thioether (sulfide) groups is 1. The second kappa shape index (κ2) is 7.23. The van der Waals surface area contributed by atoms with Gasteiger partial charge in [0.15, 0.2) is 0 Å². The highest BCUT2D eigenvalue weighted by Gasteiger charge is 2.07. The van der Waals surface area contributed by atoms with Crippen LogP contribution in [0.3, 0.4) is 0 Å². The topological polar surface area (TPSA) is 0 Å². The van der Waals surface area contributed by atoms with Gasteiger partial charge >= 0.3 is 0 Å². The second-order valence-electron chi connectivity index (χ2n) is 5.69. The highest BCUT2D eigenvalue weighted by molar-refractivity contribution is 8.04. The first-order valence-corrected chi connectivity index (χ1v) is 11.2. The van der Waals surface area contributed by atoms with E-state index >= 15 is 0 Å². The maximum atomic E-state index is 3.38. The molecule has 0 bridgehead atoms. The van der Waals surface area contributed by atoms with E-state index in [9.17, 15) is 0 Å². The van der Waals surface area contributed by atoms with Crippen LogP contribution in [-0.2, 0) is 0 Å². The molecular formula is C19H18SSi. The molecule has 104 valence electrons. The van der Waals surface area contributed by atoms with Gasteiger partial charge in [-0.3, -0.25) is 0 Å². The van der Waals surface area contributed by atoms with Gasteiger partial charge in [0.2, 0.25) is 0 Å². The van der Waals surface area contributed by atoms with Crippen molar-refractivity contribution in [1.82, 2.24) is 0 Å². The molecule has 0 aliphatic rings. The van der Waals surface area contributed by atoms with Crippen LogP contribution in [0.4, 0.5) is 0 Å². The summed E-state index contributed by atoms with van der Waals surface area (Å²) in [5.41, 5.74) is 5.45. The lowest BCUT2D eigenvalue weighted by atomic mass is 10.2. The summed E-state index contributed by atoms with van der Waals surface area (Å²) in [4.78, 5) is 1.13. The number of hydrogen-bond donors (Lipinski definition) is 0. The van der Waals surface area contributed by atoms with E-state index in [-0.39, 0.29) is 0 Å². The Morgan fingerprint density at radius 3 is 2.19 bits per heavy atom. The smallest absolute Gasteiger partial charge is 0.120 e. The van der Waals surface area contributed by atoms with E-state index in [4.69, 9.17) is 0 Å². The van der Waals surface area contributed by atoms with Gasteiger partial charge in [0.1, 0.15) is 8.07 Å². The van der Waals surface area contributed by atoms with E-state index in [2.05, 4.69) is 54.4 Å². The van der Waals surface area contributed by atoms with Crippen LogP contribution in [-0.4, -0.2) is 8.07 Å². The van der Waals surface area contributed by atoms with Gasteiger partial charge in [-0.25, -0.2) is 0 Å². The Hall–Kier alpha value is -1.87. The zero-order valence-corrected chi connectivity index (χ0v) is 14.4. The van der Waals surface area contributed by atoms with Crippen LogP contribution in [0.25, 0.3) is 0 Å². The van der Waals surface area contributed by atoms with Crippen LogP contribution < -0.4 is 0 Å². The molecule has 0 amide bonds. The molecule has 2 aromatic rings. The average Bonchev–Trinajstić information content (AvgIpc) is 2.46. The van der Waals surface area contributed by atoms with Crippen LogP contribution in [0.5, 0.6) is 0 Å². The minimum atomic E-state index is -1.32. The standard InChI is InChI=1S/C19H18SSi/c1-21(2,3)16-15-20-19-12-8-7-11-18(19)14-13-17-9-5-4-6-10-17/h4-12H,1-3H3. The average molecular weight is 307 g/mol. The Morgan fingerprint density at radius 2 is 1.48 bits per heavy atom. The fourth-order valence-corrected chi connectivity index (χ4v) is 3.47. The lowest BCUT2D eigenvalue weighted by Gasteiger charge is -2.03. The van der Waals surface area contributed by atoms with Crippen LogP contribution in [0.2, 0.25) is 19.6 Å². The molecule has 0 aliphatic heterocycles. The summed E-state index contributed by atoms with van der Waals surface area (Å²) in [6.45, 7) is 6.75. The van der Waals surface area contributed by atoms with Crippen molar-refractivity contribution in [2.24, 2.45) is 0 Å². The molecule has 0 saturated heterocycles. The second-order valence-corrected chi connectivity index (χ2v) is 11.3. The Labute approximate surface area is 133 Å². The molecule has 0 saturated carbocycles. The minimum Gasteiger partial charge on any atom is -0.120 e. The molecule has 0 radical (unpaired) electrons. The van der Waals surface area contributed by atoms with Crippen molar-refractivity contribution in [3.63, 3.8) is 0 Å². The van der Waals surface area contributed by atoms with Crippen molar-refractivity contribution in [2.45, 2.75) is 24.5 Å². The molecule has 0 heterocycles. The van der Waals surface area contributed by atoms with Gasteiger partial charge < -0.3 is 0 Å². The van der Waals surface area contributed by atoms with Crippen LogP contribution in [0.1, 0.15) is 11.1 Å². The zero-order chi connectivity index (χ0) is 15.1. The van der Waals surface area contributed by atoms with Gasteiger partial charge in [0.05, 0.1) is 0 Å². The molecule has 21 heavy (non-hydrogen) atoms. The number of hydrogen-bond acceptors (Lipinski definition) is 1. The Bertz CT molecular complexity index is 719. The number of rotatable bonds is 1. The molecule has 0 spiro atoms. The van der Waals surface area contributed by atoms with Gasteiger partial charge in [-0.2, -0.15) is 0 Å². The first-order valence-electron chi connectivity index (χ1n) is 6.90. The maximum absolute atomic E-state index is 3.38. The van der Waals surface area contributed by atoms with Crippen LogP contribution >= 0.6 is 11.8 Å². The monoisotopic (exact) mass is 306 g/mol. The predicted molar refractivity (Wildman–Crippen MR) is 95.8 cm³/mol. The molecule has 0 nitrogen and oxygen atoms in total. The molecule has 0 aromatic heterocycles. The molecule has 0 unspecified atom stereocenters. The summed E-state index contributed by atoms with van der Waals surface area (Å²) in [7, 11) is -1.32. The Morgan fingerprint density at radius 1 is 0.810 bits per heavy atom. The Kier molecular flexibility index (Phi) is 5.34. The van der Waals surface area contributed by atoms with Crippen molar-refractivity contribution in [2.75, 3.05) is 0 Å². The van der Waals surface area contributed by atoms with Crippen LogP contribution in [0.15, 0.2) is 59.5 Å². The fourth-order valence-electron chi connectivity index (χ4n) is 1.55. The van der Waals surface area contributed by atoms with E-state index in [0.717, 1.165) is 16.0 Å². The highest BCUT2D eigenvalue weighted by Crippen LogP contribution is 2.21. The van der Waals surface area contributed by atoms with Gasteiger partial charge in [0, 0.05) is 16.0 Å². The number of benzene rings is 2. The summed E-state index contributed by atoms with van der Waals surface area (Å²) >= 11 is 1.58. The normalized spacial score (nSPS) is 10.0. The quantitative estimate of drug-likeness (QED) is 0.405. The zero-order valence-electron chi connectivity index (χ0n) is 12.6. The van der Waals surface area contributed by atoms with E-state index < -0.39 is 8.07 Å². The molecule has 0 N–H and O–H groups in total. The van der Waals surface area contributed by atoms with Crippen LogP contribution in [0, 0.1) is 22.6 Å². The summed E-state index contributed by atoms with van der Waals surface area (Å²) in [5, 5.41) is 3.24. The molecule has 2 aromatic carbocycles. The summed E-state index contributed by atoms with van der Waals surface area (Å²) < 4.78 is 0. The van der Waals surface area contributed by atoms with E-state index in [1.54, 1.807) is 11.8 Å². The third-order valence-corrected chi connectivity index (χ3v) is 4.43. The van der Waals surface area contributed by atoms with Gasteiger partial charge in [-0.1, -0.05) is 61.8 Å². The summed E-state index contributed by atoms with van der Waals surface area (Å²) in [6.07, 6.45) is 0. The van der Waals surface area contributed by atoms with Crippen molar-refractivity contribution in [1.29, 1.82) is 0 Å². The third kappa shape index (κ3) is 5.56. The molecular weight excluding hydrogens is 288 g/mol.